The minimum atomic E-state index is 0.157. The fourth-order valence-electron chi connectivity index (χ4n) is 2.27. The lowest BCUT2D eigenvalue weighted by Crippen LogP contribution is -2.43. The summed E-state index contributed by atoms with van der Waals surface area (Å²) in [7, 11) is 1.99. The van der Waals surface area contributed by atoms with Crippen LogP contribution in [-0.2, 0) is 6.42 Å². The fourth-order valence-corrected chi connectivity index (χ4v) is 3.25. The zero-order chi connectivity index (χ0) is 13.0. The SMILES string of the molecule is CCCc1ncc(C(=O)N2CCC(NC)CC2)s1. The van der Waals surface area contributed by atoms with Crippen LogP contribution in [0.3, 0.4) is 0 Å². The first-order chi connectivity index (χ1) is 8.74. The Hall–Kier alpha value is -0.940. The average Bonchev–Trinajstić information content (AvgIpc) is 2.87. The summed E-state index contributed by atoms with van der Waals surface area (Å²) in [5, 5.41) is 4.35. The fraction of sp³-hybridized carbons (Fsp3) is 0.692. The number of hydrogen-bond acceptors (Lipinski definition) is 4. The van der Waals surface area contributed by atoms with Crippen LogP contribution in [0.25, 0.3) is 0 Å². The molecule has 5 heteroatoms. The standard InChI is InChI=1S/C13H21N3OS/c1-3-4-12-15-9-11(18-12)13(17)16-7-5-10(14-2)6-8-16/h9-10,14H,3-8H2,1-2H3. The van der Waals surface area contributed by atoms with E-state index in [-0.39, 0.29) is 5.91 Å². The van der Waals surface area contributed by atoms with Gasteiger partial charge in [-0.05, 0) is 32.7 Å². The molecule has 4 nitrogen and oxygen atoms in total. The Kier molecular flexibility index (Phi) is 4.72. The number of aromatic nitrogens is 1. The average molecular weight is 267 g/mol. The number of nitrogens with zero attached hydrogens (tertiary/aromatic N) is 2. The number of piperidine rings is 1. The normalized spacial score (nSPS) is 17.1. The first-order valence-electron chi connectivity index (χ1n) is 6.65. The van der Waals surface area contributed by atoms with Gasteiger partial charge in [0.15, 0.2) is 0 Å². The van der Waals surface area contributed by atoms with Crippen molar-refractivity contribution in [1.29, 1.82) is 0 Å². The van der Waals surface area contributed by atoms with E-state index in [0.717, 1.165) is 48.7 Å². The maximum atomic E-state index is 12.3. The van der Waals surface area contributed by atoms with Crippen LogP contribution < -0.4 is 5.32 Å². The van der Waals surface area contributed by atoms with E-state index in [1.807, 2.05) is 11.9 Å². The molecule has 0 spiro atoms. The van der Waals surface area contributed by atoms with E-state index in [2.05, 4.69) is 17.2 Å². The maximum Gasteiger partial charge on any atom is 0.265 e. The summed E-state index contributed by atoms with van der Waals surface area (Å²) >= 11 is 1.55. The Morgan fingerprint density at radius 1 is 1.56 bits per heavy atom. The molecular formula is C13H21N3OS. The van der Waals surface area contributed by atoms with Crippen LogP contribution >= 0.6 is 11.3 Å². The van der Waals surface area contributed by atoms with E-state index in [1.165, 1.54) is 0 Å². The van der Waals surface area contributed by atoms with Crippen LogP contribution in [0.4, 0.5) is 0 Å². The molecule has 0 aromatic carbocycles. The van der Waals surface area contributed by atoms with E-state index in [9.17, 15) is 4.79 Å². The van der Waals surface area contributed by atoms with Gasteiger partial charge in [-0.1, -0.05) is 6.92 Å². The second kappa shape index (κ2) is 6.29. The van der Waals surface area contributed by atoms with Crippen molar-refractivity contribution >= 4 is 17.2 Å². The molecule has 1 aliphatic heterocycles. The van der Waals surface area contributed by atoms with Crippen molar-refractivity contribution in [3.63, 3.8) is 0 Å². The van der Waals surface area contributed by atoms with Crippen molar-refractivity contribution in [3.05, 3.63) is 16.1 Å². The van der Waals surface area contributed by atoms with Gasteiger partial charge in [-0.2, -0.15) is 0 Å². The van der Waals surface area contributed by atoms with Crippen LogP contribution in [0.2, 0.25) is 0 Å². The summed E-state index contributed by atoms with van der Waals surface area (Å²) in [5.74, 6) is 0.157. The zero-order valence-corrected chi connectivity index (χ0v) is 11.9. The number of carbonyl (C=O) groups is 1. The van der Waals surface area contributed by atoms with Crippen LogP contribution in [0.1, 0.15) is 40.9 Å². The molecule has 1 aliphatic rings. The molecule has 1 aromatic rings. The number of hydrogen-bond donors (Lipinski definition) is 1. The smallest absolute Gasteiger partial charge is 0.265 e. The highest BCUT2D eigenvalue weighted by Crippen LogP contribution is 2.19. The zero-order valence-electron chi connectivity index (χ0n) is 11.1. The molecule has 18 heavy (non-hydrogen) atoms. The molecule has 1 fully saturated rings. The summed E-state index contributed by atoms with van der Waals surface area (Å²) in [6.45, 7) is 3.84. The van der Waals surface area contributed by atoms with Gasteiger partial charge < -0.3 is 10.2 Å². The van der Waals surface area contributed by atoms with E-state index >= 15 is 0 Å². The minimum absolute atomic E-state index is 0.157. The van der Waals surface area contributed by atoms with Crippen LogP contribution in [0, 0.1) is 0 Å². The molecule has 0 unspecified atom stereocenters. The van der Waals surface area contributed by atoms with Crippen molar-refractivity contribution in [3.8, 4) is 0 Å². The lowest BCUT2D eigenvalue weighted by molar-refractivity contribution is 0.0712. The Morgan fingerprint density at radius 2 is 2.28 bits per heavy atom. The molecule has 2 rings (SSSR count). The summed E-state index contributed by atoms with van der Waals surface area (Å²) in [4.78, 5) is 19.3. The lowest BCUT2D eigenvalue weighted by atomic mass is 10.1. The quantitative estimate of drug-likeness (QED) is 0.906. The summed E-state index contributed by atoms with van der Waals surface area (Å²) in [6.07, 6.45) is 5.88. The molecule has 1 N–H and O–H groups in total. The Labute approximate surface area is 112 Å². The number of likely N-dealkylation sites (tertiary alicyclic amines) is 1. The molecule has 1 saturated heterocycles. The highest BCUT2D eigenvalue weighted by Gasteiger charge is 2.23. The number of rotatable bonds is 4. The first kappa shape index (κ1) is 13.5. The second-order valence-electron chi connectivity index (χ2n) is 4.72. The number of amides is 1. The maximum absolute atomic E-state index is 12.3. The molecule has 0 radical (unpaired) electrons. The molecule has 0 saturated carbocycles. The molecule has 0 atom stereocenters. The highest BCUT2D eigenvalue weighted by molar-refractivity contribution is 7.13. The van der Waals surface area contributed by atoms with Gasteiger partial charge in [0, 0.05) is 19.1 Å². The van der Waals surface area contributed by atoms with Crippen molar-refractivity contribution in [1.82, 2.24) is 15.2 Å². The van der Waals surface area contributed by atoms with Gasteiger partial charge in [0.25, 0.3) is 5.91 Å². The van der Waals surface area contributed by atoms with Gasteiger partial charge in [-0.3, -0.25) is 4.79 Å². The highest BCUT2D eigenvalue weighted by atomic mass is 32.1. The monoisotopic (exact) mass is 267 g/mol. The largest absolute Gasteiger partial charge is 0.338 e. The molecule has 1 aromatic heterocycles. The van der Waals surface area contributed by atoms with E-state index in [4.69, 9.17) is 0 Å². The Bertz CT molecular complexity index is 397. The van der Waals surface area contributed by atoms with Gasteiger partial charge in [-0.15, -0.1) is 11.3 Å². The Morgan fingerprint density at radius 3 is 2.89 bits per heavy atom. The number of carbonyl (C=O) groups excluding carboxylic acids is 1. The van der Waals surface area contributed by atoms with Gasteiger partial charge in [-0.25, -0.2) is 4.98 Å². The van der Waals surface area contributed by atoms with Crippen LogP contribution in [0.5, 0.6) is 0 Å². The van der Waals surface area contributed by atoms with Crippen LogP contribution in [-0.4, -0.2) is 42.0 Å². The van der Waals surface area contributed by atoms with E-state index < -0.39 is 0 Å². The van der Waals surface area contributed by atoms with Gasteiger partial charge >= 0.3 is 0 Å². The number of thiazole rings is 1. The third-order valence-corrected chi connectivity index (χ3v) is 4.46. The predicted octanol–water partition coefficient (Wildman–Crippen LogP) is 1.92. The topological polar surface area (TPSA) is 45.2 Å². The van der Waals surface area contributed by atoms with Crippen molar-refractivity contribution in [2.75, 3.05) is 20.1 Å². The van der Waals surface area contributed by atoms with E-state index in [0.29, 0.717) is 6.04 Å². The first-order valence-corrected chi connectivity index (χ1v) is 7.47. The third-order valence-electron chi connectivity index (χ3n) is 3.42. The summed E-state index contributed by atoms with van der Waals surface area (Å²) in [6, 6.07) is 0.561. The summed E-state index contributed by atoms with van der Waals surface area (Å²) in [5.41, 5.74) is 0. The van der Waals surface area contributed by atoms with E-state index in [1.54, 1.807) is 17.5 Å². The Balaban J connectivity index is 1.94. The van der Waals surface area contributed by atoms with Crippen molar-refractivity contribution in [2.24, 2.45) is 0 Å². The van der Waals surface area contributed by atoms with Gasteiger partial charge in [0.1, 0.15) is 4.88 Å². The van der Waals surface area contributed by atoms with Crippen LogP contribution in [0.15, 0.2) is 6.20 Å². The molecule has 0 bridgehead atoms. The third kappa shape index (κ3) is 3.09. The molecule has 0 aliphatic carbocycles. The van der Waals surface area contributed by atoms with Crippen molar-refractivity contribution in [2.45, 2.75) is 38.6 Å². The molecule has 2 heterocycles. The van der Waals surface area contributed by atoms with Gasteiger partial charge in [0.05, 0.1) is 11.2 Å². The molecule has 1 amide bonds. The second-order valence-corrected chi connectivity index (χ2v) is 5.84. The summed E-state index contributed by atoms with van der Waals surface area (Å²) < 4.78 is 0. The molecular weight excluding hydrogens is 246 g/mol. The number of nitrogens with one attached hydrogen (secondary N) is 1. The minimum Gasteiger partial charge on any atom is -0.338 e. The lowest BCUT2D eigenvalue weighted by Gasteiger charge is -2.31. The number of aryl methyl sites for hydroxylation is 1. The van der Waals surface area contributed by atoms with Gasteiger partial charge in [0.2, 0.25) is 0 Å². The predicted molar refractivity (Wildman–Crippen MR) is 74.1 cm³/mol. The van der Waals surface area contributed by atoms with Crippen molar-refractivity contribution < 1.29 is 4.79 Å². The molecule has 100 valence electrons.